The molecule has 1 aromatic rings. The van der Waals surface area contributed by atoms with Crippen molar-refractivity contribution in [1.29, 1.82) is 0 Å². The molecule has 15 heavy (non-hydrogen) atoms. The maximum absolute atomic E-state index is 7.56. The molecule has 82 valence electrons. The summed E-state index contributed by atoms with van der Waals surface area (Å²) >= 11 is 8.67. The predicted molar refractivity (Wildman–Crippen MR) is 68.1 cm³/mol. The maximum Gasteiger partial charge on any atom is 0.261 e. The summed E-state index contributed by atoms with van der Waals surface area (Å²) in [5.41, 5.74) is 4.40. The van der Waals surface area contributed by atoms with Crippen LogP contribution in [0.2, 0.25) is 0 Å². The van der Waals surface area contributed by atoms with Crippen LogP contribution in [0.5, 0.6) is 5.75 Å². The van der Waals surface area contributed by atoms with Crippen LogP contribution in [0.4, 0.5) is 0 Å². The van der Waals surface area contributed by atoms with Crippen molar-refractivity contribution in [2.75, 3.05) is 7.05 Å². The third-order valence-corrected chi connectivity index (χ3v) is 1.45. The van der Waals surface area contributed by atoms with E-state index in [0.29, 0.717) is 5.17 Å². The van der Waals surface area contributed by atoms with E-state index < -0.39 is 5.17 Å². The molecular formula is C9H12N2O2S2. The molecule has 0 radical (unpaired) electrons. The fourth-order valence-corrected chi connectivity index (χ4v) is 0.743. The van der Waals surface area contributed by atoms with Crippen LogP contribution in [0.1, 0.15) is 0 Å². The lowest BCUT2D eigenvalue weighted by molar-refractivity contribution is 0.542. The molecule has 0 unspecified atom stereocenters. The number of benzene rings is 1. The Kier molecular flexibility index (Phi) is 7.21. The zero-order valence-electron chi connectivity index (χ0n) is 8.14. The molecule has 0 spiro atoms. The highest BCUT2D eigenvalue weighted by Gasteiger charge is 1.93. The molecule has 1 aromatic carbocycles. The zero-order chi connectivity index (χ0) is 11.7. The van der Waals surface area contributed by atoms with E-state index in [2.05, 4.69) is 23.3 Å². The van der Waals surface area contributed by atoms with Crippen molar-refractivity contribution in [2.45, 2.75) is 0 Å². The van der Waals surface area contributed by atoms with Crippen molar-refractivity contribution in [3.05, 3.63) is 30.3 Å². The van der Waals surface area contributed by atoms with Gasteiger partial charge in [-0.25, -0.2) is 0 Å². The summed E-state index contributed by atoms with van der Waals surface area (Å²) in [6, 6.07) is 9.42. The highest BCUT2D eigenvalue weighted by atomic mass is 32.1. The molecular weight excluding hydrogens is 232 g/mol. The minimum absolute atomic E-state index is 0.385. The highest BCUT2D eigenvalue weighted by Crippen LogP contribution is 2.07. The molecule has 6 heteroatoms. The number of rotatable bonds is 1. The van der Waals surface area contributed by atoms with Crippen molar-refractivity contribution >= 4 is 34.8 Å². The topological polar surface area (TPSA) is 67.5 Å². The number of ether oxygens (including phenoxy) is 1. The fourth-order valence-electron chi connectivity index (χ4n) is 0.647. The molecule has 0 fully saturated rings. The second kappa shape index (κ2) is 7.95. The minimum Gasteiger partial charge on any atom is -0.487 e. The third-order valence-electron chi connectivity index (χ3n) is 1.16. The van der Waals surface area contributed by atoms with Crippen molar-refractivity contribution < 1.29 is 9.84 Å². The average molecular weight is 244 g/mol. The van der Waals surface area contributed by atoms with Gasteiger partial charge in [0, 0.05) is 7.05 Å². The Hall–Kier alpha value is -1.40. The molecule has 1 rings (SSSR count). The Balaban J connectivity index is 0.000000423. The minimum atomic E-state index is -0.500. The number of nitrogens with one attached hydrogen (secondary N) is 1. The summed E-state index contributed by atoms with van der Waals surface area (Å²) in [6.45, 7) is 0. The zero-order valence-corrected chi connectivity index (χ0v) is 9.77. The van der Waals surface area contributed by atoms with Gasteiger partial charge in [0.2, 0.25) is 0 Å². The lowest BCUT2D eigenvalue weighted by Gasteiger charge is -2.04. The molecule has 0 amide bonds. The van der Waals surface area contributed by atoms with E-state index in [4.69, 9.17) is 22.1 Å². The molecule has 0 heterocycles. The number of hydrogen-bond donors (Lipinski definition) is 3. The molecule has 0 aliphatic carbocycles. The first-order valence-electron chi connectivity index (χ1n) is 3.99. The quantitative estimate of drug-likeness (QED) is 0.648. The lowest BCUT2D eigenvalue weighted by atomic mass is 10.3. The van der Waals surface area contributed by atoms with Crippen LogP contribution in [-0.2, 0) is 0 Å². The Morgan fingerprint density at radius 1 is 1.33 bits per heavy atom. The number of para-hydroxylation sites is 1. The van der Waals surface area contributed by atoms with Crippen molar-refractivity contribution in [3.8, 4) is 5.75 Å². The summed E-state index contributed by atoms with van der Waals surface area (Å²) in [7, 11) is 1.73. The van der Waals surface area contributed by atoms with Gasteiger partial charge in [-0.15, -0.1) is 0 Å². The Bertz CT molecular complexity index is 313. The Morgan fingerprint density at radius 3 is 2.20 bits per heavy atom. The van der Waals surface area contributed by atoms with Gasteiger partial charge in [0.15, 0.2) is 0 Å². The molecule has 4 nitrogen and oxygen atoms in total. The van der Waals surface area contributed by atoms with Gasteiger partial charge in [0.05, 0.1) is 0 Å². The van der Waals surface area contributed by atoms with Gasteiger partial charge in [0.1, 0.15) is 5.75 Å². The number of aliphatic hydroxyl groups excluding tert-OH is 1. The summed E-state index contributed by atoms with van der Waals surface area (Å²) in [5, 5.41) is 10.2. The molecule has 0 aliphatic rings. The number of nitrogens with two attached hydrogens (primary N) is 1. The maximum atomic E-state index is 7.56. The van der Waals surface area contributed by atoms with E-state index in [9.17, 15) is 0 Å². The summed E-state index contributed by atoms with van der Waals surface area (Å²) in [4.78, 5) is 0. The van der Waals surface area contributed by atoms with Crippen LogP contribution in [0.15, 0.2) is 30.3 Å². The number of thiocarbonyl (C=S) groups is 2. The van der Waals surface area contributed by atoms with Crippen molar-refractivity contribution in [3.63, 3.8) is 0 Å². The van der Waals surface area contributed by atoms with Crippen LogP contribution in [0, 0.1) is 0 Å². The smallest absolute Gasteiger partial charge is 0.261 e. The molecule has 0 saturated carbocycles. The SMILES string of the molecule is CNC(=S)Oc1ccccc1.NC(O)=S. The molecule has 0 aromatic heterocycles. The Morgan fingerprint density at radius 2 is 1.80 bits per heavy atom. The standard InChI is InChI=1S/C8H9NOS.CH3NOS/c1-9-8(11)10-7-5-3-2-4-6-7;2-1(3)4/h2-6H,1H3,(H,9,11);(H3,2,3,4). The van der Waals surface area contributed by atoms with Gasteiger partial charge in [-0.3, -0.25) is 0 Å². The lowest BCUT2D eigenvalue weighted by Crippen LogP contribution is -2.21. The van der Waals surface area contributed by atoms with Gasteiger partial charge in [-0.2, -0.15) is 0 Å². The van der Waals surface area contributed by atoms with Gasteiger partial charge in [-0.1, -0.05) is 18.2 Å². The van der Waals surface area contributed by atoms with Crippen molar-refractivity contribution in [1.82, 2.24) is 5.32 Å². The average Bonchev–Trinajstić information content (AvgIpc) is 2.18. The number of hydrogen-bond acceptors (Lipinski definition) is 3. The van der Waals surface area contributed by atoms with Gasteiger partial charge >= 0.3 is 0 Å². The van der Waals surface area contributed by atoms with E-state index >= 15 is 0 Å². The third kappa shape index (κ3) is 8.92. The van der Waals surface area contributed by atoms with Crippen LogP contribution >= 0.6 is 24.4 Å². The summed E-state index contributed by atoms with van der Waals surface area (Å²) < 4.78 is 5.18. The van der Waals surface area contributed by atoms with E-state index in [0.717, 1.165) is 5.75 Å². The van der Waals surface area contributed by atoms with Crippen LogP contribution in [0.3, 0.4) is 0 Å². The largest absolute Gasteiger partial charge is 0.487 e. The van der Waals surface area contributed by atoms with E-state index in [1.165, 1.54) is 0 Å². The second-order valence-corrected chi connectivity index (χ2v) is 3.08. The first-order valence-corrected chi connectivity index (χ1v) is 4.81. The van der Waals surface area contributed by atoms with Crippen LogP contribution < -0.4 is 15.8 Å². The summed E-state index contributed by atoms with van der Waals surface area (Å²) in [6.07, 6.45) is 0. The molecule has 0 atom stereocenters. The predicted octanol–water partition coefficient (Wildman–Crippen LogP) is 1.36. The van der Waals surface area contributed by atoms with Crippen molar-refractivity contribution in [2.24, 2.45) is 5.73 Å². The second-order valence-electron chi connectivity index (χ2n) is 2.29. The van der Waals surface area contributed by atoms with Gasteiger partial charge in [-0.05, 0) is 36.6 Å². The monoisotopic (exact) mass is 244 g/mol. The highest BCUT2D eigenvalue weighted by molar-refractivity contribution is 7.80. The molecule has 4 N–H and O–H groups in total. The molecule has 0 bridgehead atoms. The fraction of sp³-hybridized carbons (Fsp3) is 0.111. The van der Waals surface area contributed by atoms with E-state index in [-0.39, 0.29) is 0 Å². The first kappa shape index (κ1) is 13.6. The first-order chi connectivity index (χ1) is 7.06. The molecule has 0 aliphatic heterocycles. The number of aliphatic hydroxyl groups is 1. The van der Waals surface area contributed by atoms with E-state index in [1.807, 2.05) is 30.3 Å². The van der Waals surface area contributed by atoms with Crippen LogP contribution in [-0.4, -0.2) is 22.5 Å². The van der Waals surface area contributed by atoms with Gasteiger partial charge in [0.25, 0.3) is 10.3 Å². The normalized spacial score (nSPS) is 8.07. The van der Waals surface area contributed by atoms with Gasteiger partial charge < -0.3 is 20.9 Å². The van der Waals surface area contributed by atoms with E-state index in [1.54, 1.807) is 7.05 Å². The summed E-state index contributed by atoms with van der Waals surface area (Å²) in [5.74, 6) is 0.756. The molecule has 0 saturated heterocycles. The Labute approximate surface area is 99.0 Å². The van der Waals surface area contributed by atoms with Crippen LogP contribution in [0.25, 0.3) is 0 Å².